The maximum atomic E-state index is 13.9. The van der Waals surface area contributed by atoms with Crippen LogP contribution < -0.4 is 0 Å². The van der Waals surface area contributed by atoms with Gasteiger partial charge in [0.25, 0.3) is 0 Å². The maximum Gasteiger partial charge on any atom is 0.395 e. The average Bonchev–Trinajstić information content (AvgIpc) is 3.76. The molecule has 0 saturated heterocycles. The number of hydrogen-bond donors (Lipinski definition) is 1. The predicted octanol–water partition coefficient (Wildman–Crippen LogP) is 7.15. The molecular formula is C27H34F3N5S. The minimum atomic E-state index is -4.25. The van der Waals surface area contributed by atoms with Crippen molar-refractivity contribution in [2.75, 3.05) is 13.3 Å². The van der Waals surface area contributed by atoms with Crippen LogP contribution in [0.25, 0.3) is 0 Å². The van der Waals surface area contributed by atoms with Gasteiger partial charge in [-0.25, -0.2) is 4.99 Å². The molecule has 1 heterocycles. The van der Waals surface area contributed by atoms with Gasteiger partial charge in [0.15, 0.2) is 0 Å². The second-order valence-electron chi connectivity index (χ2n) is 11.0. The third-order valence-corrected chi connectivity index (χ3v) is 9.44. The second kappa shape index (κ2) is 8.99. The molecule has 4 fully saturated rings. The zero-order valence-corrected chi connectivity index (χ0v) is 22.0. The fourth-order valence-electron chi connectivity index (χ4n) is 6.06. The highest BCUT2D eigenvalue weighted by atomic mass is 32.2. The summed E-state index contributed by atoms with van der Waals surface area (Å²) in [5.74, 6) is 1.07. The van der Waals surface area contributed by atoms with Crippen LogP contribution in [0.3, 0.4) is 0 Å². The van der Waals surface area contributed by atoms with Gasteiger partial charge in [0.1, 0.15) is 5.84 Å². The van der Waals surface area contributed by atoms with E-state index in [4.69, 9.17) is 10.4 Å². The van der Waals surface area contributed by atoms with Gasteiger partial charge in [0.2, 0.25) is 0 Å². The first-order valence-corrected chi connectivity index (χ1v) is 13.9. The van der Waals surface area contributed by atoms with E-state index in [1.807, 2.05) is 12.5 Å². The monoisotopic (exact) mass is 517 g/mol. The number of thioether (sulfide) groups is 1. The van der Waals surface area contributed by atoms with Crippen LogP contribution in [0.2, 0.25) is 0 Å². The molecule has 1 aromatic rings. The van der Waals surface area contributed by atoms with Crippen molar-refractivity contribution in [3.05, 3.63) is 41.1 Å². The van der Waals surface area contributed by atoms with E-state index in [1.165, 1.54) is 30.2 Å². The van der Waals surface area contributed by atoms with Crippen LogP contribution in [-0.2, 0) is 0 Å². The number of amidine groups is 1. The van der Waals surface area contributed by atoms with Crippen molar-refractivity contribution in [1.82, 2.24) is 9.78 Å². The average molecular weight is 518 g/mol. The molecule has 5 nitrogen and oxygen atoms in total. The SMILES string of the molecule is C=C(/C=C(/SC)C(C)=N)C(=NC(=NC)C1CCCC(c2cnn(C3CC3)c2)C1)C12CC1(C(F)(F)F)C2. The van der Waals surface area contributed by atoms with Crippen LogP contribution >= 0.6 is 11.8 Å². The number of alkyl halides is 3. The number of nitrogens with zero attached hydrogens (tertiary/aromatic N) is 4. The highest BCUT2D eigenvalue weighted by Crippen LogP contribution is 2.91. The molecule has 1 aromatic heterocycles. The number of nitrogens with one attached hydrogen (secondary N) is 1. The molecule has 0 radical (unpaired) electrons. The maximum absolute atomic E-state index is 13.9. The molecule has 36 heavy (non-hydrogen) atoms. The summed E-state index contributed by atoms with van der Waals surface area (Å²) in [7, 11) is 1.69. The van der Waals surface area contributed by atoms with Crippen molar-refractivity contribution >= 4 is 29.0 Å². The molecule has 4 saturated carbocycles. The fourth-order valence-corrected chi connectivity index (χ4v) is 6.62. The predicted molar refractivity (Wildman–Crippen MR) is 140 cm³/mol. The first kappa shape index (κ1) is 25.5. The summed E-state index contributed by atoms with van der Waals surface area (Å²) in [5.41, 5.74) is -0.177. The first-order chi connectivity index (χ1) is 17.0. The molecule has 0 aromatic carbocycles. The van der Waals surface area contributed by atoms with Crippen LogP contribution in [0, 0.1) is 22.2 Å². The summed E-state index contributed by atoms with van der Waals surface area (Å²) in [6, 6.07) is 0.540. The largest absolute Gasteiger partial charge is 0.395 e. The topological polar surface area (TPSA) is 66.4 Å². The van der Waals surface area contributed by atoms with Crippen molar-refractivity contribution in [2.24, 2.45) is 26.7 Å². The molecular weight excluding hydrogens is 483 g/mol. The molecule has 2 atom stereocenters. The first-order valence-electron chi connectivity index (χ1n) is 12.7. The minimum Gasteiger partial charge on any atom is -0.304 e. The Labute approximate surface area is 214 Å². The van der Waals surface area contributed by atoms with Gasteiger partial charge in [0.05, 0.1) is 23.4 Å². The van der Waals surface area contributed by atoms with Gasteiger partial charge in [-0.15, -0.1) is 11.8 Å². The van der Waals surface area contributed by atoms with Gasteiger partial charge in [-0.2, -0.15) is 18.3 Å². The number of aromatic nitrogens is 2. The summed E-state index contributed by atoms with van der Waals surface area (Å²) < 4.78 is 43.7. The molecule has 0 amide bonds. The Morgan fingerprint density at radius 2 is 2.00 bits per heavy atom. The lowest BCUT2D eigenvalue weighted by atomic mass is 9.78. The summed E-state index contributed by atoms with van der Waals surface area (Å²) >= 11 is 1.39. The molecule has 0 bridgehead atoms. The van der Waals surface area contributed by atoms with Crippen LogP contribution in [0.15, 0.2) is 45.5 Å². The zero-order valence-electron chi connectivity index (χ0n) is 21.2. The Morgan fingerprint density at radius 3 is 2.56 bits per heavy atom. The lowest BCUT2D eigenvalue weighted by molar-refractivity contribution is -0.167. The quantitative estimate of drug-likeness (QED) is 0.226. The molecule has 9 heteroatoms. The summed E-state index contributed by atoms with van der Waals surface area (Å²) in [4.78, 5) is 10.1. The van der Waals surface area contributed by atoms with Crippen molar-refractivity contribution < 1.29 is 13.2 Å². The van der Waals surface area contributed by atoms with Crippen LogP contribution in [0.4, 0.5) is 13.2 Å². The Hall–Kier alpha value is -2.16. The summed E-state index contributed by atoms with van der Waals surface area (Å²) in [6.07, 6.45) is 9.88. The van der Waals surface area contributed by atoms with E-state index in [0.717, 1.165) is 25.7 Å². The number of fused-ring (bicyclic) bond motifs is 1. The van der Waals surface area contributed by atoms with Crippen LogP contribution in [0.5, 0.6) is 0 Å². The van der Waals surface area contributed by atoms with Gasteiger partial charge in [-0.3, -0.25) is 9.67 Å². The van der Waals surface area contributed by atoms with E-state index in [1.54, 1.807) is 20.0 Å². The molecule has 1 N–H and O–H groups in total. The number of rotatable bonds is 8. The normalized spacial score (nSPS) is 32.8. The van der Waals surface area contributed by atoms with Crippen LogP contribution in [-0.4, -0.2) is 46.5 Å². The third kappa shape index (κ3) is 4.31. The van der Waals surface area contributed by atoms with Crippen molar-refractivity contribution in [1.29, 1.82) is 5.41 Å². The second-order valence-corrected chi connectivity index (χ2v) is 11.8. The van der Waals surface area contributed by atoms with E-state index < -0.39 is 17.0 Å². The number of aliphatic imine (C=N–C) groups is 2. The molecule has 2 unspecified atom stereocenters. The van der Waals surface area contributed by atoms with Gasteiger partial charge >= 0.3 is 6.18 Å². The summed E-state index contributed by atoms with van der Waals surface area (Å²) in [6.45, 7) is 5.81. The van der Waals surface area contributed by atoms with Crippen molar-refractivity contribution in [3.63, 3.8) is 0 Å². The standard InChI is InChI=1S/C27H34F3N5S/c1-16(10-22(36-4)17(2)31)23(25-14-26(25,15-25)27(28,29)30)34-24(32-3)19-7-5-6-18(11-19)20-12-33-35(13-20)21-8-9-21/h10,12-13,18-19,21,31H,1,5-9,11,14-15H2,2-4H3/b22-10+,31-17?,32-24?,34-23?. The molecule has 4 aliphatic carbocycles. The van der Waals surface area contributed by atoms with Gasteiger partial charge in [-0.05, 0) is 81.3 Å². The van der Waals surface area contributed by atoms with E-state index in [9.17, 15) is 13.2 Å². The van der Waals surface area contributed by atoms with E-state index >= 15 is 0 Å². The Bertz CT molecular complexity index is 1160. The smallest absolute Gasteiger partial charge is 0.304 e. The minimum absolute atomic E-state index is 0.0675. The Morgan fingerprint density at radius 1 is 1.28 bits per heavy atom. The lowest BCUT2D eigenvalue weighted by Gasteiger charge is -2.28. The van der Waals surface area contributed by atoms with Gasteiger partial charge in [0, 0.05) is 35.2 Å². The number of hydrogen-bond acceptors (Lipinski definition) is 4. The molecule has 4 aliphatic rings. The van der Waals surface area contributed by atoms with Crippen molar-refractivity contribution in [2.45, 2.75) is 76.4 Å². The molecule has 5 rings (SSSR count). The molecule has 0 aliphatic heterocycles. The Kier molecular flexibility index (Phi) is 6.37. The molecule has 194 valence electrons. The highest BCUT2D eigenvalue weighted by Gasteiger charge is 2.95. The molecule has 0 spiro atoms. The zero-order chi connectivity index (χ0) is 25.9. The highest BCUT2D eigenvalue weighted by molar-refractivity contribution is 8.03. The van der Waals surface area contributed by atoms with E-state index in [-0.39, 0.29) is 18.8 Å². The van der Waals surface area contributed by atoms with Gasteiger partial charge < -0.3 is 5.41 Å². The van der Waals surface area contributed by atoms with E-state index in [0.29, 0.717) is 39.7 Å². The van der Waals surface area contributed by atoms with Gasteiger partial charge in [-0.1, -0.05) is 13.0 Å². The summed E-state index contributed by atoms with van der Waals surface area (Å²) in [5, 5.41) is 12.6. The lowest BCUT2D eigenvalue weighted by Crippen LogP contribution is -2.24. The number of halogens is 3. The number of allylic oxidation sites excluding steroid dienone is 3. The fraction of sp³-hybridized carbons (Fsp3) is 0.630. The van der Waals surface area contributed by atoms with Crippen molar-refractivity contribution in [3.8, 4) is 0 Å². The van der Waals surface area contributed by atoms with Crippen LogP contribution in [0.1, 0.15) is 75.8 Å². The third-order valence-electron chi connectivity index (χ3n) is 8.58. The van der Waals surface area contributed by atoms with E-state index in [2.05, 4.69) is 27.5 Å². The Balaban J connectivity index is 1.42.